The van der Waals surface area contributed by atoms with Crippen LogP contribution in [0, 0.1) is 6.57 Å². The number of carbonyl (C=O) groups excluding carboxylic acids is 1. The van der Waals surface area contributed by atoms with Crippen molar-refractivity contribution in [3.63, 3.8) is 0 Å². The number of esters is 1. The maximum atomic E-state index is 12.1. The predicted molar refractivity (Wildman–Crippen MR) is 72.9 cm³/mol. The maximum absolute atomic E-state index is 12.1. The van der Waals surface area contributed by atoms with Crippen molar-refractivity contribution in [3.05, 3.63) is 34.7 Å². The van der Waals surface area contributed by atoms with Gasteiger partial charge in [0.2, 0.25) is 0 Å². The molecular weight excluding hydrogens is 258 g/mol. The third-order valence-corrected chi connectivity index (χ3v) is 3.59. The second-order valence-electron chi connectivity index (χ2n) is 4.64. The van der Waals surface area contributed by atoms with Gasteiger partial charge in [-0.25, -0.2) is 11.4 Å². The summed E-state index contributed by atoms with van der Waals surface area (Å²) in [5, 5.41) is 0. The molecule has 0 heterocycles. The van der Waals surface area contributed by atoms with Gasteiger partial charge in [0.1, 0.15) is 11.5 Å². The average molecular weight is 275 g/mol. The first kappa shape index (κ1) is 14.2. The van der Waals surface area contributed by atoms with Gasteiger partial charge in [-0.2, -0.15) is 0 Å². The lowest BCUT2D eigenvalue weighted by molar-refractivity contribution is -0.147. The summed E-state index contributed by atoms with van der Waals surface area (Å²) in [5.41, 5.74) is 0.520. The number of ether oxygens (including phenoxy) is 3. The first-order valence-electron chi connectivity index (χ1n) is 6.40. The molecule has 1 aromatic carbocycles. The molecule has 2 rings (SSSR count). The maximum Gasteiger partial charge on any atom is 0.394 e. The molecule has 1 aliphatic rings. The summed E-state index contributed by atoms with van der Waals surface area (Å²) in [6.45, 7) is 9.43. The van der Waals surface area contributed by atoms with Crippen molar-refractivity contribution in [2.45, 2.75) is 25.3 Å². The monoisotopic (exact) mass is 275 g/mol. The minimum absolute atomic E-state index is 0.265. The summed E-state index contributed by atoms with van der Waals surface area (Å²) >= 11 is 0. The van der Waals surface area contributed by atoms with Gasteiger partial charge in [0.05, 0.1) is 33.7 Å². The molecule has 0 unspecified atom stereocenters. The van der Waals surface area contributed by atoms with E-state index >= 15 is 0 Å². The lowest BCUT2D eigenvalue weighted by Crippen LogP contribution is -2.37. The van der Waals surface area contributed by atoms with E-state index in [4.69, 9.17) is 20.8 Å². The van der Waals surface area contributed by atoms with E-state index in [-0.39, 0.29) is 6.61 Å². The minimum Gasteiger partial charge on any atom is -0.496 e. The summed E-state index contributed by atoms with van der Waals surface area (Å²) in [6, 6.07) is 3.59. The van der Waals surface area contributed by atoms with Gasteiger partial charge in [0.15, 0.2) is 0 Å². The summed E-state index contributed by atoms with van der Waals surface area (Å²) < 4.78 is 15.7. The Bertz CT molecular complexity index is 541. The third-order valence-electron chi connectivity index (χ3n) is 3.59. The second-order valence-corrected chi connectivity index (χ2v) is 4.64. The number of nitrogens with zero attached hydrogens (tertiary/aromatic N) is 1. The van der Waals surface area contributed by atoms with Crippen molar-refractivity contribution >= 4 is 5.97 Å². The fourth-order valence-electron chi connectivity index (χ4n) is 2.60. The van der Waals surface area contributed by atoms with Crippen LogP contribution in [0.25, 0.3) is 4.85 Å². The van der Waals surface area contributed by atoms with Crippen LogP contribution in [0.3, 0.4) is 0 Å². The zero-order valence-electron chi connectivity index (χ0n) is 11.9. The van der Waals surface area contributed by atoms with E-state index in [1.165, 1.54) is 0 Å². The van der Waals surface area contributed by atoms with Gasteiger partial charge in [-0.15, -0.1) is 0 Å². The smallest absolute Gasteiger partial charge is 0.394 e. The molecule has 0 fully saturated rings. The van der Waals surface area contributed by atoms with Gasteiger partial charge in [-0.05, 0) is 19.1 Å². The van der Waals surface area contributed by atoms with Gasteiger partial charge in [0, 0.05) is 11.1 Å². The number of benzene rings is 1. The van der Waals surface area contributed by atoms with Crippen LogP contribution >= 0.6 is 0 Å². The highest BCUT2D eigenvalue weighted by atomic mass is 16.5. The lowest BCUT2D eigenvalue weighted by Gasteiger charge is -2.13. The Morgan fingerprint density at radius 3 is 2.10 bits per heavy atom. The Hall–Kier alpha value is -2.22. The lowest BCUT2D eigenvalue weighted by atomic mass is 9.97. The van der Waals surface area contributed by atoms with Crippen LogP contribution < -0.4 is 9.47 Å². The Morgan fingerprint density at radius 2 is 1.75 bits per heavy atom. The van der Waals surface area contributed by atoms with Crippen LogP contribution in [0.1, 0.15) is 18.1 Å². The molecular formula is C15H17NO4. The molecule has 0 spiro atoms. The third kappa shape index (κ3) is 2.07. The first-order valence-corrected chi connectivity index (χ1v) is 6.40. The fraction of sp³-hybridized carbons (Fsp3) is 0.467. The zero-order chi connectivity index (χ0) is 14.8. The number of hydrogen-bond donors (Lipinski definition) is 0. The molecule has 1 aliphatic carbocycles. The predicted octanol–water partition coefficient (Wildman–Crippen LogP) is 2.02. The van der Waals surface area contributed by atoms with E-state index in [0.717, 1.165) is 11.1 Å². The quantitative estimate of drug-likeness (QED) is 0.623. The largest absolute Gasteiger partial charge is 0.496 e. The van der Waals surface area contributed by atoms with Crippen molar-refractivity contribution in [1.29, 1.82) is 0 Å². The molecule has 0 bridgehead atoms. The minimum atomic E-state index is -1.19. The Kier molecular flexibility index (Phi) is 3.84. The summed E-state index contributed by atoms with van der Waals surface area (Å²) in [5.74, 6) is 0.876. The molecule has 5 heteroatoms. The topological polar surface area (TPSA) is 49.1 Å². The van der Waals surface area contributed by atoms with Crippen LogP contribution in [0.5, 0.6) is 11.5 Å². The average Bonchev–Trinajstić information content (AvgIpc) is 2.87. The molecule has 106 valence electrons. The van der Waals surface area contributed by atoms with Crippen LogP contribution in [0.4, 0.5) is 0 Å². The van der Waals surface area contributed by atoms with E-state index < -0.39 is 11.5 Å². The Labute approximate surface area is 118 Å². The highest BCUT2D eigenvalue weighted by Crippen LogP contribution is 2.43. The molecule has 0 atom stereocenters. The van der Waals surface area contributed by atoms with Crippen LogP contribution in [-0.2, 0) is 22.4 Å². The van der Waals surface area contributed by atoms with Crippen molar-refractivity contribution in [3.8, 4) is 11.5 Å². The number of rotatable bonds is 4. The number of fused-ring (bicyclic) bond motifs is 1. The SMILES string of the molecule is [C-]#[N+]C1(C(=O)OCC)Cc2c(OC)ccc(OC)c2C1. The van der Waals surface area contributed by atoms with Crippen molar-refractivity contribution < 1.29 is 19.0 Å². The van der Waals surface area contributed by atoms with Crippen molar-refractivity contribution in [2.75, 3.05) is 20.8 Å². The van der Waals surface area contributed by atoms with Crippen molar-refractivity contribution in [2.24, 2.45) is 0 Å². The highest BCUT2D eigenvalue weighted by Gasteiger charge is 2.54. The fourth-order valence-corrected chi connectivity index (χ4v) is 2.60. The molecule has 0 amide bonds. The molecule has 0 radical (unpaired) electrons. The normalized spacial score (nSPS) is 15.1. The van der Waals surface area contributed by atoms with Crippen LogP contribution in [-0.4, -0.2) is 32.3 Å². The standard InChI is InChI=1S/C15H17NO4/c1-5-20-14(17)15(16-2)8-10-11(9-15)13(19-4)7-6-12(10)18-3/h6-7H,5,8-9H2,1,3-4H3. The summed E-state index contributed by atoms with van der Waals surface area (Å²) in [7, 11) is 3.15. The van der Waals surface area contributed by atoms with Gasteiger partial charge < -0.3 is 14.2 Å². The molecule has 0 saturated carbocycles. The number of carbonyl (C=O) groups is 1. The van der Waals surface area contributed by atoms with Gasteiger partial charge in [0.25, 0.3) is 0 Å². The van der Waals surface area contributed by atoms with E-state index in [2.05, 4.69) is 4.85 Å². The van der Waals surface area contributed by atoms with E-state index in [1.54, 1.807) is 33.3 Å². The molecule has 20 heavy (non-hydrogen) atoms. The second kappa shape index (κ2) is 5.41. The Balaban J connectivity index is 2.48. The molecule has 5 nitrogen and oxygen atoms in total. The van der Waals surface area contributed by atoms with E-state index in [9.17, 15) is 4.79 Å². The molecule has 0 aromatic heterocycles. The molecule has 0 aliphatic heterocycles. The van der Waals surface area contributed by atoms with Crippen molar-refractivity contribution in [1.82, 2.24) is 0 Å². The number of hydrogen-bond acceptors (Lipinski definition) is 4. The summed E-state index contributed by atoms with van der Waals surface area (Å²) in [4.78, 5) is 15.7. The number of methoxy groups -OCH3 is 2. The molecule has 1 aromatic rings. The van der Waals surface area contributed by atoms with Crippen LogP contribution in [0.15, 0.2) is 12.1 Å². The summed E-state index contributed by atoms with van der Waals surface area (Å²) in [6.07, 6.45) is 0.593. The molecule has 0 saturated heterocycles. The Morgan fingerprint density at radius 1 is 1.25 bits per heavy atom. The van der Waals surface area contributed by atoms with Gasteiger partial charge >= 0.3 is 11.5 Å². The van der Waals surface area contributed by atoms with Gasteiger partial charge in [-0.3, -0.25) is 4.85 Å². The highest BCUT2D eigenvalue weighted by molar-refractivity contribution is 5.86. The van der Waals surface area contributed by atoms with Gasteiger partial charge in [-0.1, -0.05) is 0 Å². The zero-order valence-corrected chi connectivity index (χ0v) is 11.9. The first-order chi connectivity index (χ1) is 9.61. The van der Waals surface area contributed by atoms with E-state index in [0.29, 0.717) is 24.3 Å². The van der Waals surface area contributed by atoms with E-state index in [1.807, 2.05) is 0 Å². The molecule has 0 N–H and O–H groups in total. The van der Waals surface area contributed by atoms with Crippen LogP contribution in [0.2, 0.25) is 0 Å².